The van der Waals surface area contributed by atoms with Crippen molar-refractivity contribution in [3.05, 3.63) is 94.8 Å². The van der Waals surface area contributed by atoms with Crippen molar-refractivity contribution in [3.8, 4) is 0 Å². The maximum atomic E-state index is 11.0. The third-order valence-electron chi connectivity index (χ3n) is 3.17. The number of aldehydes is 1. The summed E-state index contributed by atoms with van der Waals surface area (Å²) in [6.45, 7) is 2.03. The van der Waals surface area contributed by atoms with E-state index in [2.05, 4.69) is 0 Å². The normalized spacial score (nSPS) is 13.5. The highest BCUT2D eigenvalue weighted by molar-refractivity contribution is 5.49. The lowest BCUT2D eigenvalue weighted by Gasteiger charge is -1.92. The Morgan fingerprint density at radius 2 is 1.46 bits per heavy atom. The highest BCUT2D eigenvalue weighted by atomic mass is 16.6. The van der Waals surface area contributed by atoms with Gasteiger partial charge in [-0.25, -0.2) is 0 Å². The second kappa shape index (κ2) is 18.6. The van der Waals surface area contributed by atoms with E-state index < -0.39 is 0 Å². The van der Waals surface area contributed by atoms with Crippen molar-refractivity contribution in [2.75, 3.05) is 0 Å². The summed E-state index contributed by atoms with van der Waals surface area (Å²) in [6, 6.07) is 0. The SMILES string of the molecule is CC/C=C\C/C=C(\C\C=C/C=C\C=C/C=C\C/C=C\CCC=O)[N+](=O)[O-]. The highest BCUT2D eigenvalue weighted by Gasteiger charge is 2.05. The van der Waals surface area contributed by atoms with E-state index in [4.69, 9.17) is 0 Å². The molecule has 4 heteroatoms. The van der Waals surface area contributed by atoms with Gasteiger partial charge in [0.15, 0.2) is 0 Å². The van der Waals surface area contributed by atoms with Gasteiger partial charge in [-0.2, -0.15) is 0 Å². The van der Waals surface area contributed by atoms with E-state index in [0.717, 1.165) is 25.5 Å². The molecule has 140 valence electrons. The Hall–Kier alpha value is -2.75. The number of rotatable bonds is 14. The summed E-state index contributed by atoms with van der Waals surface area (Å²) in [7, 11) is 0. The quantitative estimate of drug-likeness (QED) is 0.0952. The summed E-state index contributed by atoms with van der Waals surface area (Å²) >= 11 is 0. The van der Waals surface area contributed by atoms with Crippen LogP contribution in [0, 0.1) is 10.1 Å². The Kier molecular flexibility index (Phi) is 16.6. The molecule has 0 bridgehead atoms. The van der Waals surface area contributed by atoms with Crippen LogP contribution in [0.5, 0.6) is 0 Å². The van der Waals surface area contributed by atoms with Gasteiger partial charge < -0.3 is 4.79 Å². The maximum absolute atomic E-state index is 11.0. The Balaban J connectivity index is 4.10. The first-order chi connectivity index (χ1) is 12.7. The van der Waals surface area contributed by atoms with Crippen LogP contribution in [0.4, 0.5) is 0 Å². The summed E-state index contributed by atoms with van der Waals surface area (Å²) in [5, 5.41) is 11.0. The zero-order chi connectivity index (χ0) is 19.3. The zero-order valence-corrected chi connectivity index (χ0v) is 15.5. The Labute approximate surface area is 156 Å². The van der Waals surface area contributed by atoms with Gasteiger partial charge in [-0.15, -0.1) is 0 Å². The first kappa shape index (κ1) is 23.2. The van der Waals surface area contributed by atoms with E-state index in [1.807, 2.05) is 73.8 Å². The summed E-state index contributed by atoms with van der Waals surface area (Å²) in [5.41, 5.74) is 0.218. The molecule has 0 atom stereocenters. The molecular weight excluding hydrogens is 326 g/mol. The molecule has 0 spiro atoms. The predicted molar refractivity (Wildman–Crippen MR) is 109 cm³/mol. The largest absolute Gasteiger partial charge is 0.303 e. The minimum Gasteiger partial charge on any atom is -0.303 e. The van der Waals surface area contributed by atoms with Gasteiger partial charge in [0.25, 0.3) is 0 Å². The van der Waals surface area contributed by atoms with E-state index in [-0.39, 0.29) is 10.6 Å². The smallest absolute Gasteiger partial charge is 0.246 e. The van der Waals surface area contributed by atoms with Crippen molar-refractivity contribution < 1.29 is 9.72 Å². The van der Waals surface area contributed by atoms with E-state index in [0.29, 0.717) is 19.3 Å². The van der Waals surface area contributed by atoms with Gasteiger partial charge in [-0.3, -0.25) is 10.1 Å². The molecule has 0 fully saturated rings. The molecule has 0 heterocycles. The van der Waals surface area contributed by atoms with Gasteiger partial charge in [0.1, 0.15) is 6.29 Å². The molecule has 0 saturated carbocycles. The molecule has 0 aliphatic carbocycles. The fraction of sp³-hybridized carbons (Fsp3) is 0.318. The molecule has 26 heavy (non-hydrogen) atoms. The minimum atomic E-state index is -0.327. The van der Waals surface area contributed by atoms with Crippen molar-refractivity contribution in [2.24, 2.45) is 0 Å². The molecule has 0 unspecified atom stereocenters. The van der Waals surface area contributed by atoms with Crippen molar-refractivity contribution in [1.82, 2.24) is 0 Å². The lowest BCUT2D eigenvalue weighted by Crippen LogP contribution is -1.97. The highest BCUT2D eigenvalue weighted by Crippen LogP contribution is 2.06. The van der Waals surface area contributed by atoms with Gasteiger partial charge in [0, 0.05) is 6.42 Å². The monoisotopic (exact) mass is 355 g/mol. The fourth-order valence-corrected chi connectivity index (χ4v) is 1.84. The molecular formula is C22H29NO3. The Morgan fingerprint density at radius 1 is 0.808 bits per heavy atom. The van der Waals surface area contributed by atoms with Gasteiger partial charge >= 0.3 is 0 Å². The average Bonchev–Trinajstić information content (AvgIpc) is 2.63. The van der Waals surface area contributed by atoms with Crippen molar-refractivity contribution in [1.29, 1.82) is 0 Å². The number of carbonyl (C=O) groups excluding carboxylic acids is 1. The van der Waals surface area contributed by atoms with E-state index in [1.54, 1.807) is 12.2 Å². The van der Waals surface area contributed by atoms with Crippen LogP contribution < -0.4 is 0 Å². The fourth-order valence-electron chi connectivity index (χ4n) is 1.84. The third-order valence-corrected chi connectivity index (χ3v) is 3.17. The van der Waals surface area contributed by atoms with Crippen LogP contribution in [0.15, 0.2) is 84.7 Å². The van der Waals surface area contributed by atoms with Crippen LogP contribution in [0.1, 0.15) is 45.4 Å². The molecule has 0 radical (unpaired) electrons. The van der Waals surface area contributed by atoms with Gasteiger partial charge in [-0.05, 0) is 31.8 Å². The topological polar surface area (TPSA) is 60.2 Å². The molecule has 0 rings (SSSR count). The van der Waals surface area contributed by atoms with Crippen LogP contribution >= 0.6 is 0 Å². The van der Waals surface area contributed by atoms with Gasteiger partial charge in [0.2, 0.25) is 5.70 Å². The third kappa shape index (κ3) is 16.1. The standard InChI is InChI=1S/C22H29NO3/c1-2-3-4-16-19-22(23(25)26)20-17-14-12-10-8-6-5-7-9-11-13-15-18-21-24/h3-8,10-14,17,19,21H,2,9,15-16,18,20H2,1H3/b4-3-,7-5-,8-6-,12-10-,13-11-,17-14-,22-19+. The van der Waals surface area contributed by atoms with Crippen LogP contribution in [-0.2, 0) is 4.79 Å². The zero-order valence-electron chi connectivity index (χ0n) is 15.5. The summed E-state index contributed by atoms with van der Waals surface area (Å²) < 4.78 is 0. The van der Waals surface area contributed by atoms with Crippen LogP contribution in [-0.4, -0.2) is 11.2 Å². The van der Waals surface area contributed by atoms with Crippen LogP contribution in [0.25, 0.3) is 0 Å². The van der Waals surface area contributed by atoms with E-state index in [1.165, 1.54) is 0 Å². The van der Waals surface area contributed by atoms with E-state index in [9.17, 15) is 14.9 Å². The predicted octanol–water partition coefficient (Wildman–Crippen LogP) is 6.04. The first-order valence-corrected chi connectivity index (χ1v) is 8.94. The number of hydrogen-bond acceptors (Lipinski definition) is 3. The van der Waals surface area contributed by atoms with Gasteiger partial charge in [-0.1, -0.05) is 79.8 Å². The molecule has 0 saturated heterocycles. The maximum Gasteiger partial charge on any atom is 0.246 e. The lowest BCUT2D eigenvalue weighted by molar-refractivity contribution is -0.427. The minimum absolute atomic E-state index is 0.218. The number of nitrogens with zero attached hydrogens (tertiary/aromatic N) is 1. The number of nitro groups is 1. The Bertz CT molecular complexity index is 591. The van der Waals surface area contributed by atoms with Crippen molar-refractivity contribution in [2.45, 2.75) is 45.4 Å². The second-order valence-electron chi connectivity index (χ2n) is 5.35. The second-order valence-corrected chi connectivity index (χ2v) is 5.35. The van der Waals surface area contributed by atoms with Gasteiger partial charge in [0.05, 0.1) is 11.3 Å². The summed E-state index contributed by atoms with van der Waals surface area (Å²) in [5.74, 6) is 0. The number of carbonyl (C=O) groups is 1. The number of unbranched alkanes of at least 4 members (excludes halogenated alkanes) is 1. The van der Waals surface area contributed by atoms with Crippen LogP contribution in [0.2, 0.25) is 0 Å². The molecule has 0 aliphatic heterocycles. The summed E-state index contributed by atoms with van der Waals surface area (Å²) in [6.07, 6.45) is 29.7. The lowest BCUT2D eigenvalue weighted by atomic mass is 10.2. The summed E-state index contributed by atoms with van der Waals surface area (Å²) in [4.78, 5) is 20.8. The van der Waals surface area contributed by atoms with Crippen molar-refractivity contribution >= 4 is 6.29 Å². The molecule has 0 amide bonds. The Morgan fingerprint density at radius 3 is 2.12 bits per heavy atom. The van der Waals surface area contributed by atoms with Crippen LogP contribution in [0.3, 0.4) is 0 Å². The molecule has 0 aromatic rings. The molecule has 0 aromatic carbocycles. The molecule has 0 N–H and O–H groups in total. The average molecular weight is 355 g/mol. The number of allylic oxidation sites excluding steroid dienone is 13. The van der Waals surface area contributed by atoms with E-state index >= 15 is 0 Å². The van der Waals surface area contributed by atoms with Crippen molar-refractivity contribution in [3.63, 3.8) is 0 Å². The molecule has 0 aromatic heterocycles. The molecule has 0 aliphatic rings. The number of hydrogen-bond donors (Lipinski definition) is 0. The first-order valence-electron chi connectivity index (χ1n) is 8.94. The molecule has 4 nitrogen and oxygen atoms in total.